The third-order valence-electron chi connectivity index (χ3n) is 3.61. The van der Waals surface area contributed by atoms with E-state index in [9.17, 15) is 4.79 Å². The molecule has 1 atom stereocenters. The minimum absolute atomic E-state index is 0.157. The molecule has 4 heteroatoms. The Bertz CT molecular complexity index is 411. The maximum atomic E-state index is 12.0. The van der Waals surface area contributed by atoms with Crippen LogP contribution in [0.1, 0.15) is 50.1 Å². The van der Waals surface area contributed by atoms with E-state index in [0.29, 0.717) is 0 Å². The van der Waals surface area contributed by atoms with Gasteiger partial charge in [0.05, 0.1) is 0 Å². The van der Waals surface area contributed by atoms with E-state index in [1.807, 2.05) is 0 Å². The first-order valence-corrected chi connectivity index (χ1v) is 6.43. The van der Waals surface area contributed by atoms with Gasteiger partial charge in [0.1, 0.15) is 0 Å². The van der Waals surface area contributed by atoms with E-state index in [1.165, 1.54) is 12.8 Å². The number of hydrogen-bond donors (Lipinski definition) is 1. The van der Waals surface area contributed by atoms with Crippen molar-refractivity contribution in [2.75, 3.05) is 0 Å². The van der Waals surface area contributed by atoms with Crippen LogP contribution in [-0.4, -0.2) is 11.9 Å². The highest BCUT2D eigenvalue weighted by molar-refractivity contribution is 6.29. The zero-order valence-electron chi connectivity index (χ0n) is 10.3. The standard InChI is InChI=1S/C13H18ClNO2/c1-13(2)8-4-3-5-10(13)15-12(16)9-6-7-11(14)17-9/h6-7,10H,3-5,8H2,1-2H3,(H,15,16). The summed E-state index contributed by atoms with van der Waals surface area (Å²) in [4.78, 5) is 12.0. The molecule has 0 saturated heterocycles. The summed E-state index contributed by atoms with van der Waals surface area (Å²) < 4.78 is 5.11. The lowest BCUT2D eigenvalue weighted by atomic mass is 9.73. The van der Waals surface area contributed by atoms with Crippen molar-refractivity contribution in [2.24, 2.45) is 5.41 Å². The van der Waals surface area contributed by atoms with Crippen LogP contribution in [0.5, 0.6) is 0 Å². The van der Waals surface area contributed by atoms with Crippen molar-refractivity contribution in [3.63, 3.8) is 0 Å². The van der Waals surface area contributed by atoms with Gasteiger partial charge in [-0.15, -0.1) is 0 Å². The molecular weight excluding hydrogens is 238 g/mol. The smallest absolute Gasteiger partial charge is 0.287 e. The fourth-order valence-electron chi connectivity index (χ4n) is 2.43. The Morgan fingerprint density at radius 2 is 2.24 bits per heavy atom. The lowest BCUT2D eigenvalue weighted by Gasteiger charge is -2.38. The molecule has 0 aliphatic heterocycles. The highest BCUT2D eigenvalue weighted by Gasteiger charge is 2.33. The number of rotatable bonds is 2. The summed E-state index contributed by atoms with van der Waals surface area (Å²) >= 11 is 5.66. The van der Waals surface area contributed by atoms with Gasteiger partial charge in [0.2, 0.25) is 0 Å². The highest BCUT2D eigenvalue weighted by Crippen LogP contribution is 2.35. The van der Waals surface area contributed by atoms with Gasteiger partial charge in [-0.3, -0.25) is 4.79 Å². The second-order valence-corrected chi connectivity index (χ2v) is 5.74. The Balaban J connectivity index is 2.03. The highest BCUT2D eigenvalue weighted by atomic mass is 35.5. The van der Waals surface area contributed by atoms with Gasteiger partial charge < -0.3 is 9.73 Å². The molecule has 1 aromatic heterocycles. The number of amides is 1. The molecule has 1 aliphatic rings. The Labute approximate surface area is 107 Å². The quantitative estimate of drug-likeness (QED) is 0.877. The summed E-state index contributed by atoms with van der Waals surface area (Å²) in [5.74, 6) is 0.119. The second kappa shape index (κ2) is 4.73. The molecule has 1 aromatic rings. The number of nitrogens with one attached hydrogen (secondary N) is 1. The lowest BCUT2D eigenvalue weighted by molar-refractivity contribution is 0.0826. The van der Waals surface area contributed by atoms with Crippen molar-refractivity contribution in [1.82, 2.24) is 5.32 Å². The number of halogens is 1. The summed E-state index contributed by atoms with van der Waals surface area (Å²) in [7, 11) is 0. The number of furan rings is 1. The van der Waals surface area contributed by atoms with Crippen LogP contribution in [-0.2, 0) is 0 Å². The fourth-order valence-corrected chi connectivity index (χ4v) is 2.57. The van der Waals surface area contributed by atoms with E-state index < -0.39 is 0 Å². The van der Waals surface area contributed by atoms with Gasteiger partial charge in [-0.05, 0) is 42.0 Å². The minimum atomic E-state index is -0.170. The Morgan fingerprint density at radius 1 is 1.47 bits per heavy atom. The van der Waals surface area contributed by atoms with Crippen molar-refractivity contribution in [3.8, 4) is 0 Å². The first-order valence-electron chi connectivity index (χ1n) is 6.05. The van der Waals surface area contributed by atoms with Crippen molar-refractivity contribution < 1.29 is 9.21 Å². The molecule has 1 heterocycles. The molecule has 94 valence electrons. The average Bonchev–Trinajstić information content (AvgIpc) is 2.68. The zero-order chi connectivity index (χ0) is 12.5. The molecule has 0 aromatic carbocycles. The SMILES string of the molecule is CC1(C)CCCCC1NC(=O)c1ccc(Cl)o1. The Kier molecular flexibility index (Phi) is 3.48. The summed E-state index contributed by atoms with van der Waals surface area (Å²) in [6.45, 7) is 4.40. The maximum Gasteiger partial charge on any atom is 0.287 e. The van der Waals surface area contributed by atoms with Crippen LogP contribution in [0.4, 0.5) is 0 Å². The van der Waals surface area contributed by atoms with Crippen LogP contribution >= 0.6 is 11.6 Å². The van der Waals surface area contributed by atoms with Gasteiger partial charge >= 0.3 is 0 Å². The van der Waals surface area contributed by atoms with Gasteiger partial charge in [0.25, 0.3) is 5.91 Å². The number of carbonyl (C=O) groups excluding carboxylic acids is 1. The van der Waals surface area contributed by atoms with Gasteiger partial charge in [-0.25, -0.2) is 0 Å². The van der Waals surface area contributed by atoms with E-state index in [2.05, 4.69) is 19.2 Å². The number of hydrogen-bond acceptors (Lipinski definition) is 2. The molecule has 2 rings (SSSR count). The van der Waals surface area contributed by atoms with E-state index in [-0.39, 0.29) is 28.3 Å². The third-order valence-corrected chi connectivity index (χ3v) is 3.81. The molecule has 1 fully saturated rings. The predicted octanol–water partition coefficient (Wildman–Crippen LogP) is 3.63. The monoisotopic (exact) mass is 255 g/mol. The molecule has 1 aliphatic carbocycles. The van der Waals surface area contributed by atoms with Crippen molar-refractivity contribution in [3.05, 3.63) is 23.1 Å². The molecule has 1 unspecified atom stereocenters. The molecular formula is C13H18ClNO2. The van der Waals surface area contributed by atoms with E-state index in [1.54, 1.807) is 12.1 Å². The van der Waals surface area contributed by atoms with Gasteiger partial charge in [0, 0.05) is 6.04 Å². The van der Waals surface area contributed by atoms with Crippen LogP contribution in [0.2, 0.25) is 5.22 Å². The summed E-state index contributed by atoms with van der Waals surface area (Å²) in [6, 6.07) is 3.41. The van der Waals surface area contributed by atoms with Crippen molar-refractivity contribution >= 4 is 17.5 Å². The average molecular weight is 256 g/mol. The first-order chi connectivity index (χ1) is 7.99. The predicted molar refractivity (Wildman–Crippen MR) is 67.2 cm³/mol. The first kappa shape index (κ1) is 12.5. The molecule has 1 N–H and O–H groups in total. The van der Waals surface area contributed by atoms with Gasteiger partial charge in [0.15, 0.2) is 11.0 Å². The minimum Gasteiger partial charge on any atom is -0.440 e. The molecule has 1 saturated carbocycles. The normalized spacial score (nSPS) is 23.4. The summed E-state index contributed by atoms with van der Waals surface area (Å²) in [6.07, 6.45) is 4.60. The largest absolute Gasteiger partial charge is 0.440 e. The van der Waals surface area contributed by atoms with Crippen molar-refractivity contribution in [2.45, 2.75) is 45.6 Å². The van der Waals surface area contributed by atoms with E-state index in [0.717, 1.165) is 12.8 Å². The molecule has 17 heavy (non-hydrogen) atoms. The van der Waals surface area contributed by atoms with Gasteiger partial charge in [-0.1, -0.05) is 26.7 Å². The fraction of sp³-hybridized carbons (Fsp3) is 0.615. The topological polar surface area (TPSA) is 42.2 Å². The third kappa shape index (κ3) is 2.83. The maximum absolute atomic E-state index is 12.0. The molecule has 0 spiro atoms. The van der Waals surface area contributed by atoms with Crippen molar-refractivity contribution in [1.29, 1.82) is 0 Å². The van der Waals surface area contributed by atoms with Gasteiger partial charge in [-0.2, -0.15) is 0 Å². The van der Waals surface area contributed by atoms with Crippen LogP contribution in [0.3, 0.4) is 0 Å². The second-order valence-electron chi connectivity index (χ2n) is 5.36. The summed E-state index contributed by atoms with van der Waals surface area (Å²) in [5, 5.41) is 3.30. The zero-order valence-corrected chi connectivity index (χ0v) is 11.0. The molecule has 1 amide bonds. The van der Waals surface area contributed by atoms with E-state index in [4.69, 9.17) is 16.0 Å². The van der Waals surface area contributed by atoms with Crippen LogP contribution < -0.4 is 5.32 Å². The number of carbonyl (C=O) groups is 1. The molecule has 0 radical (unpaired) electrons. The van der Waals surface area contributed by atoms with Crippen LogP contribution in [0, 0.1) is 5.41 Å². The molecule has 3 nitrogen and oxygen atoms in total. The Hall–Kier alpha value is -0.960. The Morgan fingerprint density at radius 3 is 2.82 bits per heavy atom. The lowest BCUT2D eigenvalue weighted by Crippen LogP contribution is -2.46. The van der Waals surface area contributed by atoms with Crippen LogP contribution in [0.25, 0.3) is 0 Å². The van der Waals surface area contributed by atoms with Crippen LogP contribution in [0.15, 0.2) is 16.5 Å². The molecule has 0 bridgehead atoms. The summed E-state index contributed by atoms with van der Waals surface area (Å²) in [5.41, 5.74) is 0.157. The van der Waals surface area contributed by atoms with E-state index >= 15 is 0 Å².